The lowest BCUT2D eigenvalue weighted by atomic mass is 10.0. The summed E-state index contributed by atoms with van der Waals surface area (Å²) in [5, 5.41) is 14.9. The Bertz CT molecular complexity index is 665. The van der Waals surface area contributed by atoms with Crippen molar-refractivity contribution in [2.75, 3.05) is 13.2 Å². The molecule has 128 valence electrons. The van der Waals surface area contributed by atoms with E-state index in [-0.39, 0.29) is 24.4 Å². The molecule has 1 aromatic heterocycles. The van der Waals surface area contributed by atoms with Gasteiger partial charge in [-0.15, -0.1) is 0 Å². The van der Waals surface area contributed by atoms with Crippen LogP contribution in [0, 0.1) is 18.7 Å². The number of aliphatic hydroxyl groups is 1. The number of hydrogen-bond donors (Lipinski definition) is 3. The minimum absolute atomic E-state index is 0.0337. The Hall–Kier alpha value is -2.47. The van der Waals surface area contributed by atoms with Gasteiger partial charge in [-0.2, -0.15) is 0 Å². The summed E-state index contributed by atoms with van der Waals surface area (Å²) in [4.78, 5) is 16.1. The molecule has 2 amide bonds. The SMILES string of the molecule is Cc1cc(CNC(=O)NCC(CO)Cc2ccccn2)ccc1F. The van der Waals surface area contributed by atoms with Crippen molar-refractivity contribution in [3.05, 3.63) is 65.2 Å². The van der Waals surface area contributed by atoms with Crippen LogP contribution in [0.1, 0.15) is 16.8 Å². The summed E-state index contributed by atoms with van der Waals surface area (Å²) in [6, 6.07) is 10.0. The number of carbonyl (C=O) groups is 1. The number of hydrogen-bond acceptors (Lipinski definition) is 3. The van der Waals surface area contributed by atoms with E-state index >= 15 is 0 Å². The molecule has 0 aliphatic heterocycles. The molecule has 6 heteroatoms. The van der Waals surface area contributed by atoms with Gasteiger partial charge < -0.3 is 15.7 Å². The molecule has 0 saturated carbocycles. The molecule has 0 aliphatic carbocycles. The summed E-state index contributed by atoms with van der Waals surface area (Å²) in [7, 11) is 0. The maximum Gasteiger partial charge on any atom is 0.315 e. The molecule has 2 rings (SSSR count). The molecule has 0 saturated heterocycles. The van der Waals surface area contributed by atoms with E-state index in [1.807, 2.05) is 18.2 Å². The molecule has 1 atom stereocenters. The van der Waals surface area contributed by atoms with Gasteiger partial charge in [0, 0.05) is 37.5 Å². The van der Waals surface area contributed by atoms with Crippen LogP contribution in [0.3, 0.4) is 0 Å². The Morgan fingerprint density at radius 1 is 1.29 bits per heavy atom. The van der Waals surface area contributed by atoms with Crippen molar-refractivity contribution in [2.24, 2.45) is 5.92 Å². The minimum Gasteiger partial charge on any atom is -0.396 e. The lowest BCUT2D eigenvalue weighted by Crippen LogP contribution is -2.39. The number of halogens is 1. The first-order chi connectivity index (χ1) is 11.6. The molecule has 5 nitrogen and oxygen atoms in total. The highest BCUT2D eigenvalue weighted by atomic mass is 19.1. The number of aliphatic hydroxyl groups excluding tert-OH is 1. The van der Waals surface area contributed by atoms with Gasteiger partial charge >= 0.3 is 6.03 Å². The molecule has 0 fully saturated rings. The quantitative estimate of drug-likeness (QED) is 0.728. The van der Waals surface area contributed by atoms with Gasteiger partial charge in [0.25, 0.3) is 0 Å². The third-order valence-electron chi connectivity index (χ3n) is 3.71. The molecule has 2 aromatic rings. The van der Waals surface area contributed by atoms with Crippen molar-refractivity contribution in [1.82, 2.24) is 15.6 Å². The Morgan fingerprint density at radius 2 is 2.12 bits per heavy atom. The van der Waals surface area contributed by atoms with Crippen molar-refractivity contribution in [3.63, 3.8) is 0 Å². The Morgan fingerprint density at radius 3 is 2.79 bits per heavy atom. The molecule has 0 aliphatic rings. The zero-order valence-corrected chi connectivity index (χ0v) is 13.6. The first-order valence-electron chi connectivity index (χ1n) is 7.86. The molecular weight excluding hydrogens is 309 g/mol. The summed E-state index contributed by atoms with van der Waals surface area (Å²) in [6.07, 6.45) is 2.30. The number of aryl methyl sites for hydroxylation is 1. The molecule has 0 radical (unpaired) electrons. The van der Waals surface area contributed by atoms with E-state index in [0.29, 0.717) is 25.1 Å². The lowest BCUT2D eigenvalue weighted by Gasteiger charge is -2.15. The predicted octanol–water partition coefficient (Wildman–Crippen LogP) is 2.18. The van der Waals surface area contributed by atoms with Gasteiger partial charge in [-0.1, -0.05) is 18.2 Å². The standard InChI is InChI=1S/C18H22FN3O2/c1-13-8-14(5-6-17(13)19)10-21-18(24)22-11-15(12-23)9-16-4-2-3-7-20-16/h2-8,15,23H,9-12H2,1H3,(H2,21,22,24). The number of carbonyl (C=O) groups excluding carboxylic acids is 1. The van der Waals surface area contributed by atoms with Crippen molar-refractivity contribution >= 4 is 6.03 Å². The third kappa shape index (κ3) is 5.62. The van der Waals surface area contributed by atoms with Crippen LogP contribution in [0.2, 0.25) is 0 Å². The maximum absolute atomic E-state index is 13.2. The van der Waals surface area contributed by atoms with Crippen LogP contribution in [0.5, 0.6) is 0 Å². The maximum atomic E-state index is 13.2. The summed E-state index contributed by atoms with van der Waals surface area (Å²) in [6.45, 7) is 2.31. The first-order valence-corrected chi connectivity index (χ1v) is 7.86. The second kappa shape index (κ2) is 8.98. The highest BCUT2D eigenvalue weighted by molar-refractivity contribution is 5.73. The van der Waals surface area contributed by atoms with Crippen LogP contribution in [0.4, 0.5) is 9.18 Å². The van der Waals surface area contributed by atoms with Crippen LogP contribution < -0.4 is 10.6 Å². The number of nitrogens with one attached hydrogen (secondary N) is 2. The van der Waals surface area contributed by atoms with E-state index in [2.05, 4.69) is 15.6 Å². The molecular formula is C18H22FN3O2. The normalized spacial score (nSPS) is 11.8. The van der Waals surface area contributed by atoms with Gasteiger partial charge in [-0.3, -0.25) is 4.98 Å². The summed E-state index contributed by atoms with van der Waals surface area (Å²) in [5.74, 6) is -0.359. The largest absolute Gasteiger partial charge is 0.396 e. The predicted molar refractivity (Wildman–Crippen MR) is 89.9 cm³/mol. The zero-order valence-electron chi connectivity index (χ0n) is 13.6. The van der Waals surface area contributed by atoms with Crippen LogP contribution in [0.15, 0.2) is 42.6 Å². The van der Waals surface area contributed by atoms with E-state index in [1.54, 1.807) is 25.3 Å². The molecule has 1 unspecified atom stereocenters. The van der Waals surface area contributed by atoms with E-state index < -0.39 is 0 Å². The number of nitrogens with zero attached hydrogens (tertiary/aromatic N) is 1. The molecule has 0 bridgehead atoms. The molecule has 1 aromatic carbocycles. The van der Waals surface area contributed by atoms with Crippen molar-refractivity contribution in [1.29, 1.82) is 0 Å². The van der Waals surface area contributed by atoms with Gasteiger partial charge in [0.1, 0.15) is 5.82 Å². The topological polar surface area (TPSA) is 74.2 Å². The fourth-order valence-electron chi connectivity index (χ4n) is 2.31. The van der Waals surface area contributed by atoms with Crippen LogP contribution in [0.25, 0.3) is 0 Å². The second-order valence-electron chi connectivity index (χ2n) is 5.72. The van der Waals surface area contributed by atoms with Crippen LogP contribution in [-0.4, -0.2) is 29.3 Å². The van der Waals surface area contributed by atoms with E-state index in [0.717, 1.165) is 11.3 Å². The van der Waals surface area contributed by atoms with E-state index in [1.165, 1.54) is 6.07 Å². The highest BCUT2D eigenvalue weighted by Gasteiger charge is 2.11. The second-order valence-corrected chi connectivity index (χ2v) is 5.72. The average molecular weight is 331 g/mol. The minimum atomic E-state index is -0.323. The van der Waals surface area contributed by atoms with E-state index in [9.17, 15) is 14.3 Å². The van der Waals surface area contributed by atoms with Crippen molar-refractivity contribution in [3.8, 4) is 0 Å². The molecule has 0 spiro atoms. The fraction of sp³-hybridized carbons (Fsp3) is 0.333. The Labute approximate surface area is 140 Å². The number of aromatic nitrogens is 1. The zero-order chi connectivity index (χ0) is 17.4. The molecule has 3 N–H and O–H groups in total. The fourth-order valence-corrected chi connectivity index (χ4v) is 2.31. The number of benzene rings is 1. The monoisotopic (exact) mass is 331 g/mol. The Kier molecular flexibility index (Phi) is 6.69. The number of pyridine rings is 1. The average Bonchev–Trinajstić information content (AvgIpc) is 2.60. The summed E-state index contributed by atoms with van der Waals surface area (Å²) in [5.41, 5.74) is 2.25. The van der Waals surface area contributed by atoms with Crippen LogP contribution >= 0.6 is 0 Å². The molecule has 24 heavy (non-hydrogen) atoms. The number of amides is 2. The van der Waals surface area contributed by atoms with Crippen molar-refractivity contribution < 1.29 is 14.3 Å². The Balaban J connectivity index is 1.76. The van der Waals surface area contributed by atoms with Crippen LogP contribution in [-0.2, 0) is 13.0 Å². The van der Waals surface area contributed by atoms with E-state index in [4.69, 9.17) is 0 Å². The van der Waals surface area contributed by atoms with Gasteiger partial charge in [-0.05, 0) is 42.7 Å². The van der Waals surface area contributed by atoms with Gasteiger partial charge in [0.15, 0.2) is 0 Å². The highest BCUT2D eigenvalue weighted by Crippen LogP contribution is 2.09. The summed E-state index contributed by atoms with van der Waals surface area (Å²) < 4.78 is 13.2. The van der Waals surface area contributed by atoms with Gasteiger partial charge in [-0.25, -0.2) is 9.18 Å². The lowest BCUT2D eigenvalue weighted by molar-refractivity contribution is 0.213. The van der Waals surface area contributed by atoms with Gasteiger partial charge in [0.05, 0.1) is 0 Å². The summed E-state index contributed by atoms with van der Waals surface area (Å²) >= 11 is 0. The number of rotatable bonds is 7. The first kappa shape index (κ1) is 17.9. The van der Waals surface area contributed by atoms with Crippen molar-refractivity contribution in [2.45, 2.75) is 19.9 Å². The van der Waals surface area contributed by atoms with Gasteiger partial charge in [0.2, 0.25) is 0 Å². The smallest absolute Gasteiger partial charge is 0.315 e. The number of urea groups is 1. The molecule has 1 heterocycles. The third-order valence-corrected chi connectivity index (χ3v) is 3.71.